The van der Waals surface area contributed by atoms with E-state index in [1.165, 1.54) is 18.5 Å². The van der Waals surface area contributed by atoms with Crippen LogP contribution in [0, 0.1) is 30.6 Å². The average molecular weight is 263 g/mol. The highest BCUT2D eigenvalue weighted by atomic mass is 14.9. The second kappa shape index (κ2) is 7.72. The van der Waals surface area contributed by atoms with E-state index in [4.69, 9.17) is 4.98 Å². The van der Waals surface area contributed by atoms with Gasteiger partial charge in [-0.1, -0.05) is 48.0 Å². The molecule has 1 N–H and O–H groups in total. The van der Waals surface area contributed by atoms with E-state index in [1.54, 1.807) is 0 Å². The van der Waals surface area contributed by atoms with Crippen molar-refractivity contribution < 1.29 is 0 Å². The summed E-state index contributed by atoms with van der Waals surface area (Å²) in [4.78, 5) is 8.06. The van der Waals surface area contributed by atoms with Crippen molar-refractivity contribution >= 4 is 0 Å². The fraction of sp³-hybridized carbons (Fsp3) is 0.765. The number of hydrogen-bond donors (Lipinski definition) is 1. The molecule has 2 heteroatoms. The molecule has 0 aliphatic heterocycles. The Morgan fingerprint density at radius 1 is 1.16 bits per heavy atom. The fourth-order valence-electron chi connectivity index (χ4n) is 2.21. The van der Waals surface area contributed by atoms with Crippen LogP contribution < -0.4 is 0 Å². The first-order valence-corrected chi connectivity index (χ1v) is 7.80. The third kappa shape index (κ3) is 5.38. The number of imidazole rings is 1. The fourth-order valence-corrected chi connectivity index (χ4v) is 2.21. The van der Waals surface area contributed by atoms with Gasteiger partial charge >= 0.3 is 0 Å². The first-order valence-electron chi connectivity index (χ1n) is 7.80. The van der Waals surface area contributed by atoms with Gasteiger partial charge in [-0.25, -0.2) is 4.98 Å². The number of aromatic amines is 1. The van der Waals surface area contributed by atoms with Gasteiger partial charge in [-0.05, 0) is 36.5 Å². The van der Waals surface area contributed by atoms with E-state index in [0.717, 1.165) is 24.6 Å². The second-order valence-electron chi connectivity index (χ2n) is 6.40. The maximum absolute atomic E-state index is 4.72. The third-order valence-corrected chi connectivity index (χ3v) is 4.64. The summed E-state index contributed by atoms with van der Waals surface area (Å²) in [7, 11) is 0. The molecule has 0 saturated heterocycles. The number of nitrogens with one attached hydrogen (secondary N) is 1. The first-order chi connectivity index (χ1) is 8.93. The highest BCUT2D eigenvalue weighted by Crippen LogP contribution is 2.19. The van der Waals surface area contributed by atoms with Crippen LogP contribution in [0.1, 0.15) is 59.0 Å². The molecule has 1 radical (unpaired) electrons. The van der Waals surface area contributed by atoms with Gasteiger partial charge in [0.25, 0.3) is 0 Å². The average Bonchev–Trinajstić information content (AvgIpc) is 2.82. The summed E-state index contributed by atoms with van der Waals surface area (Å²) in [6.45, 7) is 15.5. The predicted octanol–water partition coefficient (Wildman–Crippen LogP) is 4.67. The molecular weight excluding hydrogens is 232 g/mol. The monoisotopic (exact) mass is 263 g/mol. The number of hydrogen-bond acceptors (Lipinski definition) is 1. The Kier molecular flexibility index (Phi) is 6.60. The highest BCUT2D eigenvalue weighted by Gasteiger charge is 2.13. The van der Waals surface area contributed by atoms with Gasteiger partial charge in [0.05, 0.1) is 5.69 Å². The van der Waals surface area contributed by atoms with Gasteiger partial charge in [-0.2, -0.15) is 0 Å². The molecule has 109 valence electrons. The largest absolute Gasteiger partial charge is 0.348 e. The molecule has 1 aromatic rings. The van der Waals surface area contributed by atoms with E-state index in [-0.39, 0.29) is 0 Å². The maximum atomic E-state index is 4.72. The summed E-state index contributed by atoms with van der Waals surface area (Å²) in [5.41, 5.74) is 1.21. The molecule has 4 unspecified atom stereocenters. The number of rotatable bonds is 8. The van der Waals surface area contributed by atoms with Crippen LogP contribution in [0.5, 0.6) is 0 Å². The van der Waals surface area contributed by atoms with Crippen LogP contribution in [0.2, 0.25) is 0 Å². The quantitative estimate of drug-likeness (QED) is 0.725. The van der Waals surface area contributed by atoms with Gasteiger partial charge in [0.2, 0.25) is 0 Å². The van der Waals surface area contributed by atoms with E-state index in [9.17, 15) is 0 Å². The molecule has 0 saturated carbocycles. The molecule has 0 aromatic carbocycles. The summed E-state index contributed by atoms with van der Waals surface area (Å²) in [6.07, 6.45) is 6.63. The van der Waals surface area contributed by atoms with Crippen molar-refractivity contribution in [2.75, 3.05) is 0 Å². The van der Waals surface area contributed by atoms with Crippen molar-refractivity contribution in [1.29, 1.82) is 0 Å². The lowest BCUT2D eigenvalue weighted by atomic mass is 9.91. The lowest BCUT2D eigenvalue weighted by Gasteiger charge is -2.16. The minimum absolute atomic E-state index is 0.517. The van der Waals surface area contributed by atoms with Gasteiger partial charge in [0.15, 0.2) is 0 Å². The summed E-state index contributed by atoms with van der Waals surface area (Å²) >= 11 is 0. The number of nitrogens with zero attached hydrogens (tertiary/aromatic N) is 1. The highest BCUT2D eigenvalue weighted by molar-refractivity contribution is 5.02. The molecule has 1 aromatic heterocycles. The molecule has 0 fully saturated rings. The van der Waals surface area contributed by atoms with E-state index in [2.05, 4.69) is 52.7 Å². The molecule has 1 heterocycles. The molecule has 2 nitrogen and oxygen atoms in total. The molecule has 0 spiro atoms. The van der Waals surface area contributed by atoms with E-state index in [0.29, 0.717) is 17.8 Å². The minimum Gasteiger partial charge on any atom is -0.348 e. The molecule has 4 atom stereocenters. The van der Waals surface area contributed by atoms with Crippen LogP contribution in [-0.2, 0) is 12.8 Å². The smallest absolute Gasteiger partial charge is 0.106 e. The third-order valence-electron chi connectivity index (χ3n) is 4.64. The summed E-state index contributed by atoms with van der Waals surface area (Å²) in [5.74, 6) is 3.80. The summed E-state index contributed by atoms with van der Waals surface area (Å²) in [6, 6.07) is 0. The van der Waals surface area contributed by atoms with Crippen LogP contribution in [-0.4, -0.2) is 9.97 Å². The number of H-pyrrole nitrogens is 1. The van der Waals surface area contributed by atoms with Crippen molar-refractivity contribution in [3.8, 4) is 0 Å². The van der Waals surface area contributed by atoms with Crippen LogP contribution in [0.15, 0.2) is 6.20 Å². The molecule has 1 rings (SSSR count). The zero-order valence-electron chi connectivity index (χ0n) is 13.4. The van der Waals surface area contributed by atoms with Gasteiger partial charge in [0.1, 0.15) is 5.82 Å². The van der Waals surface area contributed by atoms with Gasteiger partial charge in [-0.15, -0.1) is 0 Å². The Bertz CT molecular complexity index is 354. The molecular formula is C17H31N2. The molecule has 19 heavy (non-hydrogen) atoms. The zero-order chi connectivity index (χ0) is 14.4. The van der Waals surface area contributed by atoms with E-state index < -0.39 is 0 Å². The van der Waals surface area contributed by atoms with Crippen molar-refractivity contribution in [3.05, 3.63) is 24.6 Å². The normalized spacial score (nSPS) is 16.6. The Labute approximate surface area is 119 Å². The minimum atomic E-state index is 0.517. The molecule has 0 bridgehead atoms. The Morgan fingerprint density at radius 3 is 2.42 bits per heavy atom. The van der Waals surface area contributed by atoms with E-state index in [1.807, 2.05) is 0 Å². The van der Waals surface area contributed by atoms with Gasteiger partial charge in [-0.3, -0.25) is 0 Å². The van der Waals surface area contributed by atoms with E-state index >= 15 is 0 Å². The Morgan fingerprint density at radius 2 is 1.84 bits per heavy atom. The standard InChI is InChI=1S/C17H31N2/c1-7-13(4)15(6)10-17-18-11-16(19-17)9-8-14(5)12(2)3/h11-15H,2,7-10H2,1,3-6H3,(H,18,19). The van der Waals surface area contributed by atoms with Gasteiger partial charge < -0.3 is 4.98 Å². The Hall–Kier alpha value is -0.790. The topological polar surface area (TPSA) is 28.7 Å². The van der Waals surface area contributed by atoms with Gasteiger partial charge in [0, 0.05) is 12.6 Å². The molecule has 0 amide bonds. The lowest BCUT2D eigenvalue weighted by molar-refractivity contribution is 0.370. The second-order valence-corrected chi connectivity index (χ2v) is 6.40. The van der Waals surface area contributed by atoms with Crippen molar-refractivity contribution in [2.45, 2.75) is 60.3 Å². The van der Waals surface area contributed by atoms with Crippen LogP contribution in [0.4, 0.5) is 0 Å². The Balaban J connectivity index is 2.44. The van der Waals surface area contributed by atoms with Crippen LogP contribution in [0.25, 0.3) is 0 Å². The number of aromatic nitrogens is 2. The van der Waals surface area contributed by atoms with Crippen molar-refractivity contribution in [2.24, 2.45) is 23.7 Å². The predicted molar refractivity (Wildman–Crippen MR) is 82.9 cm³/mol. The first kappa shape index (κ1) is 16.3. The van der Waals surface area contributed by atoms with Crippen molar-refractivity contribution in [3.63, 3.8) is 0 Å². The zero-order valence-corrected chi connectivity index (χ0v) is 13.4. The van der Waals surface area contributed by atoms with Crippen LogP contribution in [0.3, 0.4) is 0 Å². The molecule has 0 aliphatic rings. The van der Waals surface area contributed by atoms with Crippen molar-refractivity contribution in [1.82, 2.24) is 9.97 Å². The maximum Gasteiger partial charge on any atom is 0.106 e. The van der Waals surface area contributed by atoms with Crippen LogP contribution >= 0.6 is 0 Å². The molecule has 0 aliphatic carbocycles. The lowest BCUT2D eigenvalue weighted by Crippen LogP contribution is -2.11. The summed E-state index contributed by atoms with van der Waals surface area (Å²) < 4.78 is 0. The SMILES string of the molecule is [CH2]C(C)C(C)CCc1c[nH]c(CC(C)C(C)CC)n1. The summed E-state index contributed by atoms with van der Waals surface area (Å²) in [5, 5.41) is 0. The number of aryl methyl sites for hydroxylation is 1.